The van der Waals surface area contributed by atoms with E-state index in [0.717, 1.165) is 37.0 Å². The molecule has 0 saturated carbocycles. The van der Waals surface area contributed by atoms with E-state index in [1.165, 1.54) is 12.0 Å². The van der Waals surface area contributed by atoms with Gasteiger partial charge in [-0.1, -0.05) is 41.1 Å². The third-order valence-electron chi connectivity index (χ3n) is 4.31. The van der Waals surface area contributed by atoms with Crippen molar-refractivity contribution in [2.24, 2.45) is 5.73 Å². The van der Waals surface area contributed by atoms with Crippen molar-refractivity contribution >= 4 is 15.9 Å². The Balaban J connectivity index is 2.22. The van der Waals surface area contributed by atoms with Gasteiger partial charge in [0.1, 0.15) is 0 Å². The summed E-state index contributed by atoms with van der Waals surface area (Å²) in [6, 6.07) is 8.85. The Labute approximate surface area is 137 Å². The predicted octanol–water partition coefficient (Wildman–Crippen LogP) is 3.73. The molecule has 0 amide bonds. The van der Waals surface area contributed by atoms with Gasteiger partial charge in [-0.05, 0) is 44.4 Å². The van der Waals surface area contributed by atoms with E-state index in [1.807, 2.05) is 0 Å². The molecule has 21 heavy (non-hydrogen) atoms. The van der Waals surface area contributed by atoms with E-state index in [-0.39, 0.29) is 12.1 Å². The van der Waals surface area contributed by atoms with E-state index in [0.29, 0.717) is 6.10 Å². The molecular weight excluding hydrogens is 328 g/mol. The third kappa shape index (κ3) is 4.28. The highest BCUT2D eigenvalue weighted by atomic mass is 79.9. The molecule has 3 nitrogen and oxygen atoms in total. The van der Waals surface area contributed by atoms with Crippen LogP contribution < -0.4 is 5.73 Å². The maximum Gasteiger partial charge on any atom is 0.0702 e. The fourth-order valence-electron chi connectivity index (χ4n) is 3.23. The van der Waals surface area contributed by atoms with Crippen LogP contribution >= 0.6 is 15.9 Å². The molecular formula is C17H27BrN2O. The highest BCUT2D eigenvalue weighted by Gasteiger charge is 2.31. The Morgan fingerprint density at radius 1 is 1.38 bits per heavy atom. The first kappa shape index (κ1) is 16.9. The summed E-state index contributed by atoms with van der Waals surface area (Å²) in [4.78, 5) is 2.51. The first-order chi connectivity index (χ1) is 10.2. The van der Waals surface area contributed by atoms with Crippen LogP contribution in [0.15, 0.2) is 28.7 Å². The summed E-state index contributed by atoms with van der Waals surface area (Å²) >= 11 is 3.69. The number of hydrogen-bond donors (Lipinski definition) is 1. The van der Waals surface area contributed by atoms with Crippen molar-refractivity contribution in [1.82, 2.24) is 4.90 Å². The van der Waals surface area contributed by atoms with Crippen LogP contribution in [0.3, 0.4) is 0 Å². The molecule has 0 radical (unpaired) electrons. The molecule has 4 heteroatoms. The maximum absolute atomic E-state index is 6.47. The molecule has 0 spiro atoms. The van der Waals surface area contributed by atoms with E-state index in [2.05, 4.69) is 58.9 Å². The predicted molar refractivity (Wildman–Crippen MR) is 91.4 cm³/mol. The van der Waals surface area contributed by atoms with Crippen molar-refractivity contribution in [3.8, 4) is 0 Å². The summed E-state index contributed by atoms with van der Waals surface area (Å²) in [5, 5.41) is 0. The zero-order chi connectivity index (χ0) is 15.2. The monoisotopic (exact) mass is 354 g/mol. The molecule has 0 bridgehead atoms. The average molecular weight is 355 g/mol. The van der Waals surface area contributed by atoms with Crippen LogP contribution in [0.1, 0.15) is 44.7 Å². The van der Waals surface area contributed by atoms with Gasteiger partial charge in [-0.25, -0.2) is 0 Å². The minimum Gasteiger partial charge on any atom is -0.377 e. The topological polar surface area (TPSA) is 38.5 Å². The van der Waals surface area contributed by atoms with Crippen molar-refractivity contribution in [3.05, 3.63) is 34.3 Å². The van der Waals surface area contributed by atoms with Crippen molar-refractivity contribution < 1.29 is 4.74 Å². The number of likely N-dealkylation sites (tertiary alicyclic amines) is 1. The summed E-state index contributed by atoms with van der Waals surface area (Å²) in [5.74, 6) is 0. The molecule has 2 N–H and O–H groups in total. The second kappa shape index (κ2) is 8.28. The van der Waals surface area contributed by atoms with E-state index in [4.69, 9.17) is 10.5 Å². The van der Waals surface area contributed by atoms with E-state index in [9.17, 15) is 0 Å². The number of benzene rings is 1. The third-order valence-corrected chi connectivity index (χ3v) is 5.03. The summed E-state index contributed by atoms with van der Waals surface area (Å²) < 4.78 is 7.00. The molecule has 118 valence electrons. The lowest BCUT2D eigenvalue weighted by molar-refractivity contribution is -0.0117. The van der Waals surface area contributed by atoms with Gasteiger partial charge >= 0.3 is 0 Å². The van der Waals surface area contributed by atoms with Crippen molar-refractivity contribution in [2.45, 2.75) is 51.3 Å². The van der Waals surface area contributed by atoms with E-state index < -0.39 is 0 Å². The fourth-order valence-corrected chi connectivity index (χ4v) is 3.75. The molecule has 3 atom stereocenters. The molecule has 1 heterocycles. The van der Waals surface area contributed by atoms with Gasteiger partial charge in [0.2, 0.25) is 0 Å². The number of halogens is 1. The lowest BCUT2D eigenvalue weighted by Gasteiger charge is -2.41. The zero-order valence-electron chi connectivity index (χ0n) is 13.1. The highest BCUT2D eigenvalue weighted by molar-refractivity contribution is 9.10. The van der Waals surface area contributed by atoms with Gasteiger partial charge in [-0.3, -0.25) is 4.90 Å². The summed E-state index contributed by atoms with van der Waals surface area (Å²) in [6.07, 6.45) is 3.66. The molecule has 0 aliphatic carbocycles. The molecule has 2 rings (SSSR count). The molecule has 1 fully saturated rings. The van der Waals surface area contributed by atoms with Crippen molar-refractivity contribution in [3.63, 3.8) is 0 Å². The second-order valence-corrected chi connectivity index (χ2v) is 6.61. The maximum atomic E-state index is 6.47. The molecule has 1 aliphatic heterocycles. The van der Waals surface area contributed by atoms with Gasteiger partial charge in [0.15, 0.2) is 0 Å². The van der Waals surface area contributed by atoms with Gasteiger partial charge in [-0.15, -0.1) is 0 Å². The van der Waals surface area contributed by atoms with E-state index in [1.54, 1.807) is 0 Å². The van der Waals surface area contributed by atoms with Crippen LogP contribution in [-0.2, 0) is 4.74 Å². The molecule has 1 aromatic rings. The van der Waals surface area contributed by atoms with E-state index >= 15 is 0 Å². The average Bonchev–Trinajstić information content (AvgIpc) is 2.50. The molecule has 1 aromatic carbocycles. The van der Waals surface area contributed by atoms with Gasteiger partial charge < -0.3 is 10.5 Å². The Morgan fingerprint density at radius 3 is 2.81 bits per heavy atom. The number of ether oxygens (including phenoxy) is 1. The Bertz CT molecular complexity index is 439. The Hall–Kier alpha value is -0.420. The zero-order valence-corrected chi connectivity index (χ0v) is 14.7. The largest absolute Gasteiger partial charge is 0.377 e. The molecule has 3 unspecified atom stereocenters. The lowest BCUT2D eigenvalue weighted by atomic mass is 9.94. The van der Waals surface area contributed by atoms with Gasteiger partial charge in [-0.2, -0.15) is 0 Å². The Morgan fingerprint density at radius 2 is 2.14 bits per heavy atom. The normalized spacial score (nSPS) is 23.0. The molecule has 0 aromatic heterocycles. The number of hydrogen-bond acceptors (Lipinski definition) is 3. The fraction of sp³-hybridized carbons (Fsp3) is 0.647. The minimum absolute atomic E-state index is 0.143. The van der Waals surface area contributed by atoms with Crippen LogP contribution in [0, 0.1) is 0 Å². The second-order valence-electron chi connectivity index (χ2n) is 5.75. The number of piperidine rings is 1. The highest BCUT2D eigenvalue weighted by Crippen LogP contribution is 2.33. The van der Waals surface area contributed by atoms with Crippen LogP contribution in [-0.4, -0.2) is 36.7 Å². The number of nitrogens with two attached hydrogens (primary N) is 1. The van der Waals surface area contributed by atoms with Crippen molar-refractivity contribution in [1.29, 1.82) is 0 Å². The number of nitrogens with zero attached hydrogens (tertiary/aromatic N) is 1. The van der Waals surface area contributed by atoms with Crippen molar-refractivity contribution in [2.75, 3.05) is 19.7 Å². The number of rotatable bonds is 6. The lowest BCUT2D eigenvalue weighted by Crippen LogP contribution is -2.47. The van der Waals surface area contributed by atoms with Crippen LogP contribution in [0.5, 0.6) is 0 Å². The van der Waals surface area contributed by atoms with Gasteiger partial charge in [0.25, 0.3) is 0 Å². The van der Waals surface area contributed by atoms with Crippen LogP contribution in [0.2, 0.25) is 0 Å². The van der Waals surface area contributed by atoms with Crippen LogP contribution in [0.4, 0.5) is 0 Å². The quantitative estimate of drug-likeness (QED) is 0.845. The first-order valence-electron chi connectivity index (χ1n) is 8.03. The summed E-state index contributed by atoms with van der Waals surface area (Å²) in [7, 11) is 0. The SMILES string of the molecule is CCOC1CCCN(C(c2ccccc2Br)C(N)CC)C1. The molecule has 1 aliphatic rings. The summed E-state index contributed by atoms with van der Waals surface area (Å²) in [6.45, 7) is 7.11. The standard InChI is InChI=1S/C17H27BrN2O/c1-3-16(19)17(14-9-5-6-10-15(14)18)20-11-7-8-13(12-20)21-4-2/h5-6,9-10,13,16-17H,3-4,7-8,11-12,19H2,1-2H3. The smallest absolute Gasteiger partial charge is 0.0702 e. The van der Waals surface area contributed by atoms with Gasteiger partial charge in [0.05, 0.1) is 12.1 Å². The van der Waals surface area contributed by atoms with Crippen LogP contribution in [0.25, 0.3) is 0 Å². The first-order valence-corrected chi connectivity index (χ1v) is 8.82. The minimum atomic E-state index is 0.143. The van der Waals surface area contributed by atoms with Gasteiger partial charge in [0, 0.05) is 23.7 Å². The summed E-state index contributed by atoms with van der Waals surface area (Å²) in [5.41, 5.74) is 7.76. The molecule has 1 saturated heterocycles. The Kier molecular flexibility index (Phi) is 6.68.